The zero-order valence-electron chi connectivity index (χ0n) is 11.9. The van der Waals surface area contributed by atoms with E-state index in [1.807, 2.05) is 0 Å². The molecule has 102 valence electrons. The SMILES string of the molecule is CCc1cn(CC)c(N2CC(CN)CCC2C)n1. The van der Waals surface area contributed by atoms with Gasteiger partial charge in [-0.15, -0.1) is 0 Å². The van der Waals surface area contributed by atoms with E-state index in [1.165, 1.54) is 18.5 Å². The first kappa shape index (κ1) is 13.4. The molecule has 2 unspecified atom stereocenters. The van der Waals surface area contributed by atoms with Gasteiger partial charge in [-0.05, 0) is 45.6 Å². The highest BCUT2D eigenvalue weighted by Gasteiger charge is 2.27. The van der Waals surface area contributed by atoms with E-state index >= 15 is 0 Å². The van der Waals surface area contributed by atoms with Crippen molar-refractivity contribution in [2.24, 2.45) is 11.7 Å². The molecule has 1 aromatic heterocycles. The lowest BCUT2D eigenvalue weighted by atomic mass is 9.94. The molecule has 1 aromatic rings. The van der Waals surface area contributed by atoms with E-state index in [0.717, 1.165) is 32.0 Å². The van der Waals surface area contributed by atoms with E-state index in [1.54, 1.807) is 0 Å². The first-order valence-electron chi connectivity index (χ1n) is 7.22. The molecule has 2 rings (SSSR count). The van der Waals surface area contributed by atoms with Gasteiger partial charge < -0.3 is 15.2 Å². The summed E-state index contributed by atoms with van der Waals surface area (Å²) >= 11 is 0. The van der Waals surface area contributed by atoms with Gasteiger partial charge in [-0.25, -0.2) is 4.98 Å². The largest absolute Gasteiger partial charge is 0.339 e. The summed E-state index contributed by atoms with van der Waals surface area (Å²) in [5.74, 6) is 1.76. The molecule has 1 fully saturated rings. The molecule has 2 heterocycles. The minimum absolute atomic E-state index is 0.574. The Kier molecular flexibility index (Phi) is 4.27. The molecule has 2 atom stereocenters. The quantitative estimate of drug-likeness (QED) is 0.889. The van der Waals surface area contributed by atoms with Gasteiger partial charge in [-0.1, -0.05) is 6.92 Å². The Hall–Kier alpha value is -1.03. The van der Waals surface area contributed by atoms with Gasteiger partial charge in [0.15, 0.2) is 0 Å². The average molecular weight is 250 g/mol. The van der Waals surface area contributed by atoms with Crippen molar-refractivity contribution in [3.8, 4) is 0 Å². The lowest BCUT2D eigenvalue weighted by molar-refractivity contribution is 0.366. The first-order chi connectivity index (χ1) is 8.69. The molecule has 0 radical (unpaired) electrons. The molecule has 1 saturated heterocycles. The van der Waals surface area contributed by atoms with E-state index < -0.39 is 0 Å². The van der Waals surface area contributed by atoms with Crippen LogP contribution < -0.4 is 10.6 Å². The van der Waals surface area contributed by atoms with Gasteiger partial charge in [0.25, 0.3) is 0 Å². The highest BCUT2D eigenvalue weighted by atomic mass is 15.3. The Morgan fingerprint density at radius 2 is 2.17 bits per heavy atom. The van der Waals surface area contributed by atoms with Crippen molar-refractivity contribution >= 4 is 5.95 Å². The molecule has 0 spiro atoms. The molecule has 0 bridgehead atoms. The van der Waals surface area contributed by atoms with Gasteiger partial charge in [0.1, 0.15) is 0 Å². The summed E-state index contributed by atoms with van der Waals surface area (Å²) in [5, 5.41) is 0. The van der Waals surface area contributed by atoms with Gasteiger partial charge in [0.2, 0.25) is 5.95 Å². The fourth-order valence-electron chi connectivity index (χ4n) is 2.74. The molecule has 1 aliphatic rings. The monoisotopic (exact) mass is 250 g/mol. The predicted molar refractivity (Wildman–Crippen MR) is 75.9 cm³/mol. The third-order valence-electron chi connectivity index (χ3n) is 4.08. The van der Waals surface area contributed by atoms with Gasteiger partial charge in [-0.3, -0.25) is 0 Å². The normalized spacial score (nSPS) is 24.6. The summed E-state index contributed by atoms with van der Waals surface area (Å²) in [7, 11) is 0. The van der Waals surface area contributed by atoms with Crippen molar-refractivity contribution in [3.63, 3.8) is 0 Å². The smallest absolute Gasteiger partial charge is 0.205 e. The minimum atomic E-state index is 0.574. The van der Waals surface area contributed by atoms with E-state index in [2.05, 4.69) is 36.4 Å². The summed E-state index contributed by atoms with van der Waals surface area (Å²) < 4.78 is 2.27. The van der Waals surface area contributed by atoms with E-state index in [9.17, 15) is 0 Å². The lowest BCUT2D eigenvalue weighted by Gasteiger charge is -2.38. The van der Waals surface area contributed by atoms with Crippen LogP contribution >= 0.6 is 0 Å². The number of aromatic nitrogens is 2. The third kappa shape index (κ3) is 2.53. The molecule has 4 nitrogen and oxygen atoms in total. The highest BCUT2D eigenvalue weighted by Crippen LogP contribution is 2.27. The van der Waals surface area contributed by atoms with Crippen LogP contribution in [0.3, 0.4) is 0 Å². The zero-order chi connectivity index (χ0) is 13.1. The van der Waals surface area contributed by atoms with Crippen LogP contribution in [0.25, 0.3) is 0 Å². The molecule has 0 saturated carbocycles. The number of nitrogens with zero attached hydrogens (tertiary/aromatic N) is 3. The van der Waals surface area contributed by atoms with Crippen LogP contribution in [0.15, 0.2) is 6.20 Å². The number of anilines is 1. The van der Waals surface area contributed by atoms with Crippen molar-refractivity contribution in [1.29, 1.82) is 0 Å². The molecule has 0 amide bonds. The maximum Gasteiger partial charge on any atom is 0.205 e. The van der Waals surface area contributed by atoms with Crippen LogP contribution in [0.5, 0.6) is 0 Å². The molecule has 2 N–H and O–H groups in total. The fraction of sp³-hybridized carbons (Fsp3) is 0.786. The number of hydrogen-bond acceptors (Lipinski definition) is 3. The standard InChI is InChI=1S/C14H26N4/c1-4-13-10-17(5-2)14(16-13)18-9-12(8-15)7-6-11(18)3/h10-12H,4-9,15H2,1-3H3. The van der Waals surface area contributed by atoms with E-state index in [0.29, 0.717) is 12.0 Å². The fourth-order valence-corrected chi connectivity index (χ4v) is 2.74. The molecule has 4 heteroatoms. The van der Waals surface area contributed by atoms with Gasteiger partial charge >= 0.3 is 0 Å². The van der Waals surface area contributed by atoms with E-state index in [4.69, 9.17) is 10.7 Å². The lowest BCUT2D eigenvalue weighted by Crippen LogP contribution is -2.45. The average Bonchev–Trinajstić information content (AvgIpc) is 2.82. The highest BCUT2D eigenvalue weighted by molar-refractivity contribution is 5.36. The number of nitrogens with two attached hydrogens (primary N) is 1. The Morgan fingerprint density at radius 3 is 2.78 bits per heavy atom. The number of hydrogen-bond donors (Lipinski definition) is 1. The summed E-state index contributed by atoms with van der Waals surface area (Å²) in [5.41, 5.74) is 7.03. The third-order valence-corrected chi connectivity index (χ3v) is 4.08. The number of piperidine rings is 1. The van der Waals surface area contributed by atoms with Crippen LogP contribution in [0.2, 0.25) is 0 Å². The molecule has 18 heavy (non-hydrogen) atoms. The summed E-state index contributed by atoms with van der Waals surface area (Å²) in [4.78, 5) is 7.24. The Bertz CT molecular complexity index is 385. The zero-order valence-corrected chi connectivity index (χ0v) is 11.9. The predicted octanol–water partition coefficient (Wildman–Crippen LogP) is 2.03. The van der Waals surface area contributed by atoms with Crippen molar-refractivity contribution in [2.45, 2.75) is 52.6 Å². The van der Waals surface area contributed by atoms with Crippen LogP contribution in [-0.4, -0.2) is 28.7 Å². The second kappa shape index (κ2) is 5.74. The van der Waals surface area contributed by atoms with Gasteiger partial charge in [0, 0.05) is 25.3 Å². The maximum absolute atomic E-state index is 5.84. The molecular weight excluding hydrogens is 224 g/mol. The molecule has 1 aliphatic heterocycles. The van der Waals surface area contributed by atoms with Gasteiger partial charge in [-0.2, -0.15) is 0 Å². The second-order valence-electron chi connectivity index (χ2n) is 5.35. The van der Waals surface area contributed by atoms with Crippen LogP contribution in [0.1, 0.15) is 39.3 Å². The Morgan fingerprint density at radius 1 is 1.39 bits per heavy atom. The Labute approximate surface area is 110 Å². The van der Waals surface area contributed by atoms with Gasteiger partial charge in [0.05, 0.1) is 5.69 Å². The number of aryl methyl sites for hydroxylation is 2. The number of rotatable bonds is 4. The van der Waals surface area contributed by atoms with Crippen LogP contribution in [0, 0.1) is 5.92 Å². The van der Waals surface area contributed by atoms with Crippen molar-refractivity contribution in [2.75, 3.05) is 18.0 Å². The summed E-state index contributed by atoms with van der Waals surface area (Å²) in [6.07, 6.45) is 5.66. The van der Waals surface area contributed by atoms with Crippen LogP contribution in [0.4, 0.5) is 5.95 Å². The van der Waals surface area contributed by atoms with Crippen molar-refractivity contribution < 1.29 is 0 Å². The molecule has 0 aliphatic carbocycles. The summed E-state index contributed by atoms with van der Waals surface area (Å²) in [6.45, 7) is 9.47. The van der Waals surface area contributed by atoms with Crippen LogP contribution in [-0.2, 0) is 13.0 Å². The van der Waals surface area contributed by atoms with Crippen molar-refractivity contribution in [3.05, 3.63) is 11.9 Å². The Balaban J connectivity index is 2.24. The molecule has 0 aromatic carbocycles. The molecular formula is C14H26N4. The van der Waals surface area contributed by atoms with E-state index in [-0.39, 0.29) is 0 Å². The topological polar surface area (TPSA) is 47.1 Å². The van der Waals surface area contributed by atoms with Crippen molar-refractivity contribution in [1.82, 2.24) is 9.55 Å². The number of imidazole rings is 1. The first-order valence-corrected chi connectivity index (χ1v) is 7.22. The summed E-state index contributed by atoms with van der Waals surface area (Å²) in [6, 6.07) is 0.574. The maximum atomic E-state index is 5.84. The second-order valence-corrected chi connectivity index (χ2v) is 5.35. The minimum Gasteiger partial charge on any atom is -0.339 e.